The maximum atomic E-state index is 8.92. The maximum absolute atomic E-state index is 8.92. The highest BCUT2D eigenvalue weighted by Crippen LogP contribution is 2.20. The fourth-order valence-corrected chi connectivity index (χ4v) is 3.77. The third-order valence-corrected chi connectivity index (χ3v) is 5.24. The van der Waals surface area contributed by atoms with E-state index in [0.29, 0.717) is 6.42 Å². The van der Waals surface area contributed by atoms with E-state index in [4.69, 9.17) is 10.2 Å². The van der Waals surface area contributed by atoms with Crippen molar-refractivity contribution in [2.45, 2.75) is 32.5 Å². The molecular weight excluding hydrogens is 370 g/mol. The van der Waals surface area contributed by atoms with Crippen LogP contribution in [0.1, 0.15) is 29.1 Å². The zero-order valence-corrected chi connectivity index (χ0v) is 17.2. The Bertz CT molecular complexity index is 1160. The summed E-state index contributed by atoms with van der Waals surface area (Å²) >= 11 is 0. The van der Waals surface area contributed by atoms with Crippen LogP contribution in [0.3, 0.4) is 0 Å². The minimum atomic E-state index is 0.509. The van der Waals surface area contributed by atoms with Crippen LogP contribution in [0.4, 0.5) is 0 Å². The zero-order valence-electron chi connectivity index (χ0n) is 17.2. The number of nitrogens with zero attached hydrogens (tertiary/aromatic N) is 5. The molecule has 0 aliphatic carbocycles. The third-order valence-electron chi connectivity index (χ3n) is 5.24. The first kappa shape index (κ1) is 19.8. The van der Waals surface area contributed by atoms with Crippen LogP contribution in [-0.4, -0.2) is 26.5 Å². The number of rotatable bonds is 8. The number of benzene rings is 2. The van der Waals surface area contributed by atoms with Gasteiger partial charge in [-0.05, 0) is 42.8 Å². The number of fused-ring (bicyclic) bond motifs is 1. The molecule has 0 amide bonds. The van der Waals surface area contributed by atoms with Gasteiger partial charge in [-0.25, -0.2) is 4.98 Å². The Hall–Kier alpha value is -3.49. The molecule has 0 unspecified atom stereocenters. The van der Waals surface area contributed by atoms with E-state index < -0.39 is 0 Å². The highest BCUT2D eigenvalue weighted by atomic mass is 15.2. The van der Waals surface area contributed by atoms with E-state index in [0.717, 1.165) is 54.2 Å². The number of para-hydroxylation sites is 2. The number of hydrogen-bond donors (Lipinski definition) is 0. The minimum absolute atomic E-state index is 0.509. The number of imidazole rings is 1. The highest BCUT2D eigenvalue weighted by molar-refractivity contribution is 5.76. The van der Waals surface area contributed by atoms with Gasteiger partial charge in [-0.3, -0.25) is 9.88 Å². The second-order valence-electron chi connectivity index (χ2n) is 7.53. The summed E-state index contributed by atoms with van der Waals surface area (Å²) in [6.45, 7) is 2.23. The summed E-state index contributed by atoms with van der Waals surface area (Å²) < 4.78 is 2.30. The number of hydrogen-bond acceptors (Lipinski definition) is 4. The Morgan fingerprint density at radius 1 is 0.967 bits per heavy atom. The highest BCUT2D eigenvalue weighted by Gasteiger charge is 2.14. The lowest BCUT2D eigenvalue weighted by Gasteiger charge is -2.19. The SMILES string of the molecule is CN(Cc1ncccc1CCC#N)Cc1nc2ccccc2n1Cc1ccccc1. The predicted octanol–water partition coefficient (Wildman–Crippen LogP) is 4.57. The summed E-state index contributed by atoms with van der Waals surface area (Å²) in [6, 6.07) is 25.0. The van der Waals surface area contributed by atoms with Crippen LogP contribution < -0.4 is 0 Å². The Kier molecular flexibility index (Phi) is 6.17. The molecular formula is C25H25N5. The van der Waals surface area contributed by atoms with E-state index >= 15 is 0 Å². The molecule has 0 radical (unpaired) electrons. The van der Waals surface area contributed by atoms with Gasteiger partial charge < -0.3 is 4.57 Å². The second-order valence-corrected chi connectivity index (χ2v) is 7.53. The van der Waals surface area contributed by atoms with Gasteiger partial charge in [0.2, 0.25) is 0 Å². The van der Waals surface area contributed by atoms with E-state index in [1.807, 2.05) is 24.4 Å². The molecule has 4 rings (SSSR count). The van der Waals surface area contributed by atoms with Crippen molar-refractivity contribution in [1.82, 2.24) is 19.4 Å². The van der Waals surface area contributed by atoms with Crippen molar-refractivity contribution < 1.29 is 0 Å². The Morgan fingerprint density at radius 2 is 1.77 bits per heavy atom. The molecule has 150 valence electrons. The monoisotopic (exact) mass is 395 g/mol. The Balaban J connectivity index is 1.58. The van der Waals surface area contributed by atoms with Crippen LogP contribution in [0.25, 0.3) is 11.0 Å². The van der Waals surface area contributed by atoms with Crippen molar-refractivity contribution in [3.05, 3.63) is 95.6 Å². The predicted molar refractivity (Wildman–Crippen MR) is 119 cm³/mol. The molecule has 4 aromatic rings. The second kappa shape index (κ2) is 9.34. The fourth-order valence-electron chi connectivity index (χ4n) is 3.77. The molecule has 0 aliphatic heterocycles. The standard InChI is InChI=1S/C25H25N5/c1-29(18-23-21(11-7-15-26)12-8-16-27-23)19-25-28-22-13-5-6-14-24(22)30(25)17-20-9-3-2-4-10-20/h2-6,8-10,12-14,16H,7,11,17-19H2,1H3. The fraction of sp³-hybridized carbons (Fsp3) is 0.240. The average molecular weight is 396 g/mol. The number of aryl methyl sites for hydroxylation is 1. The van der Waals surface area contributed by atoms with Crippen molar-refractivity contribution >= 4 is 11.0 Å². The third kappa shape index (κ3) is 4.56. The molecule has 5 nitrogen and oxygen atoms in total. The van der Waals surface area contributed by atoms with Crippen molar-refractivity contribution in [3.8, 4) is 6.07 Å². The number of pyridine rings is 1. The molecule has 0 bridgehead atoms. The largest absolute Gasteiger partial charge is 0.322 e. The van der Waals surface area contributed by atoms with Crippen LogP contribution in [0, 0.1) is 11.3 Å². The zero-order chi connectivity index (χ0) is 20.8. The normalized spacial score (nSPS) is 11.1. The van der Waals surface area contributed by atoms with Gasteiger partial charge in [-0.2, -0.15) is 5.26 Å². The van der Waals surface area contributed by atoms with E-state index in [9.17, 15) is 0 Å². The molecule has 5 heteroatoms. The van der Waals surface area contributed by atoms with E-state index in [1.54, 1.807) is 0 Å². The van der Waals surface area contributed by atoms with Gasteiger partial charge in [0.25, 0.3) is 0 Å². The summed E-state index contributed by atoms with van der Waals surface area (Å²) in [5, 5.41) is 8.92. The Labute approximate surface area is 177 Å². The molecule has 30 heavy (non-hydrogen) atoms. The average Bonchev–Trinajstić information content (AvgIpc) is 3.10. The first-order valence-corrected chi connectivity index (χ1v) is 10.2. The first-order chi connectivity index (χ1) is 14.7. The molecule has 0 saturated carbocycles. The number of nitriles is 1. The summed E-state index contributed by atoms with van der Waals surface area (Å²) in [7, 11) is 2.09. The maximum Gasteiger partial charge on any atom is 0.124 e. The molecule has 2 aromatic heterocycles. The molecule has 2 heterocycles. The van der Waals surface area contributed by atoms with Gasteiger partial charge in [0.05, 0.1) is 29.3 Å². The molecule has 0 aliphatic rings. The summed E-state index contributed by atoms with van der Waals surface area (Å²) in [5.74, 6) is 1.04. The van der Waals surface area contributed by atoms with Crippen LogP contribution in [-0.2, 0) is 26.1 Å². The van der Waals surface area contributed by atoms with Gasteiger partial charge in [-0.1, -0.05) is 48.5 Å². The van der Waals surface area contributed by atoms with E-state index in [2.05, 4.69) is 76.1 Å². The van der Waals surface area contributed by atoms with Crippen LogP contribution in [0.5, 0.6) is 0 Å². The van der Waals surface area contributed by atoms with Gasteiger partial charge in [-0.15, -0.1) is 0 Å². The van der Waals surface area contributed by atoms with Crippen molar-refractivity contribution in [2.75, 3.05) is 7.05 Å². The topological polar surface area (TPSA) is 57.7 Å². The minimum Gasteiger partial charge on any atom is -0.322 e. The molecule has 0 fully saturated rings. The van der Waals surface area contributed by atoms with Gasteiger partial charge in [0.15, 0.2) is 0 Å². The van der Waals surface area contributed by atoms with Crippen LogP contribution in [0.2, 0.25) is 0 Å². The van der Waals surface area contributed by atoms with E-state index in [-0.39, 0.29) is 0 Å². The van der Waals surface area contributed by atoms with Gasteiger partial charge in [0, 0.05) is 25.7 Å². The van der Waals surface area contributed by atoms with Crippen molar-refractivity contribution in [3.63, 3.8) is 0 Å². The molecule has 0 spiro atoms. The molecule has 0 atom stereocenters. The molecule has 2 aromatic carbocycles. The van der Waals surface area contributed by atoms with Crippen molar-refractivity contribution in [1.29, 1.82) is 5.26 Å². The molecule has 0 N–H and O–H groups in total. The lowest BCUT2D eigenvalue weighted by atomic mass is 10.1. The summed E-state index contributed by atoms with van der Waals surface area (Å²) in [4.78, 5) is 11.7. The summed E-state index contributed by atoms with van der Waals surface area (Å²) in [5.41, 5.74) is 5.60. The molecule has 0 saturated heterocycles. The first-order valence-electron chi connectivity index (χ1n) is 10.2. The van der Waals surface area contributed by atoms with E-state index in [1.165, 1.54) is 5.56 Å². The van der Waals surface area contributed by atoms with Crippen molar-refractivity contribution in [2.24, 2.45) is 0 Å². The van der Waals surface area contributed by atoms with Crippen LogP contribution >= 0.6 is 0 Å². The van der Waals surface area contributed by atoms with Gasteiger partial charge in [0.1, 0.15) is 5.82 Å². The quantitative estimate of drug-likeness (QED) is 0.439. The van der Waals surface area contributed by atoms with Crippen LogP contribution in [0.15, 0.2) is 72.9 Å². The number of aromatic nitrogens is 3. The summed E-state index contributed by atoms with van der Waals surface area (Å²) in [6.07, 6.45) is 3.07. The smallest absolute Gasteiger partial charge is 0.124 e. The van der Waals surface area contributed by atoms with Gasteiger partial charge >= 0.3 is 0 Å². The lowest BCUT2D eigenvalue weighted by Crippen LogP contribution is -2.22. The lowest BCUT2D eigenvalue weighted by molar-refractivity contribution is 0.302. The Morgan fingerprint density at radius 3 is 2.60 bits per heavy atom.